The van der Waals surface area contributed by atoms with Gasteiger partial charge in [0.25, 0.3) is 5.69 Å². The second kappa shape index (κ2) is 8.74. The van der Waals surface area contributed by atoms with Gasteiger partial charge in [0.2, 0.25) is 5.91 Å². The molecule has 0 spiro atoms. The lowest BCUT2D eigenvalue weighted by Crippen LogP contribution is -2.28. The van der Waals surface area contributed by atoms with Crippen molar-refractivity contribution in [2.45, 2.75) is 13.3 Å². The van der Waals surface area contributed by atoms with E-state index in [1.165, 1.54) is 29.5 Å². The minimum Gasteiger partial charge on any atom is -0.325 e. The Bertz CT molecular complexity index is 1130. The van der Waals surface area contributed by atoms with Gasteiger partial charge in [0, 0.05) is 17.3 Å². The number of Topliss-reactive ketones (excluding diaryl/α,β-unsaturated/α-hetero) is 1. The number of nitrogens with one attached hydrogen (secondary N) is 1. The van der Waals surface area contributed by atoms with Crippen molar-refractivity contribution < 1.29 is 14.5 Å². The Balaban J connectivity index is 1.86. The van der Waals surface area contributed by atoms with Gasteiger partial charge in [-0.1, -0.05) is 19.1 Å². The summed E-state index contributed by atoms with van der Waals surface area (Å²) in [7, 11) is 0. The second-order valence-corrected chi connectivity index (χ2v) is 6.27. The Hall–Kier alpha value is -4.39. The highest BCUT2D eigenvalue weighted by Crippen LogP contribution is 2.25. The standard InChI is InChI=1S/C20H16N6O4/c1-2-13-3-6-15(7-4-13)24-20(28)16(10-21)19(27)14-5-8-17(18(9-14)26(29)30)25-12-22-11-23-25/h3-9,11-12,16H,2H2,1H3,(H,24,28). The zero-order valence-corrected chi connectivity index (χ0v) is 15.8. The van der Waals surface area contributed by atoms with Crippen LogP contribution in [0, 0.1) is 27.4 Å². The van der Waals surface area contributed by atoms with E-state index >= 15 is 0 Å². The Kier molecular flexibility index (Phi) is 5.93. The fourth-order valence-electron chi connectivity index (χ4n) is 2.79. The normalized spacial score (nSPS) is 11.3. The molecule has 0 radical (unpaired) electrons. The number of aryl methyl sites for hydroxylation is 1. The molecule has 3 aromatic rings. The van der Waals surface area contributed by atoms with Crippen LogP contribution in [-0.4, -0.2) is 31.4 Å². The van der Waals surface area contributed by atoms with Gasteiger partial charge in [-0.05, 0) is 36.2 Å². The first-order chi connectivity index (χ1) is 14.4. The summed E-state index contributed by atoms with van der Waals surface area (Å²) < 4.78 is 1.18. The van der Waals surface area contributed by atoms with Crippen LogP contribution in [0.1, 0.15) is 22.8 Å². The van der Waals surface area contributed by atoms with Crippen molar-refractivity contribution in [1.82, 2.24) is 14.8 Å². The van der Waals surface area contributed by atoms with Crippen molar-refractivity contribution >= 4 is 23.1 Å². The average Bonchev–Trinajstić information content (AvgIpc) is 3.29. The number of nitriles is 1. The van der Waals surface area contributed by atoms with E-state index in [9.17, 15) is 25.0 Å². The van der Waals surface area contributed by atoms with Crippen LogP contribution >= 0.6 is 0 Å². The van der Waals surface area contributed by atoms with Crippen LogP contribution in [0.2, 0.25) is 0 Å². The van der Waals surface area contributed by atoms with Crippen LogP contribution < -0.4 is 5.32 Å². The van der Waals surface area contributed by atoms with Crippen LogP contribution in [-0.2, 0) is 11.2 Å². The second-order valence-electron chi connectivity index (χ2n) is 6.27. The number of amides is 1. The number of nitro benzene ring substituents is 1. The van der Waals surface area contributed by atoms with E-state index in [0.29, 0.717) is 5.69 Å². The zero-order valence-electron chi connectivity index (χ0n) is 15.8. The third kappa shape index (κ3) is 4.20. The lowest BCUT2D eigenvalue weighted by atomic mass is 9.97. The van der Waals surface area contributed by atoms with E-state index < -0.39 is 28.2 Å². The summed E-state index contributed by atoms with van der Waals surface area (Å²) in [4.78, 5) is 39.7. The van der Waals surface area contributed by atoms with Gasteiger partial charge in [-0.2, -0.15) is 10.4 Å². The first-order valence-electron chi connectivity index (χ1n) is 8.91. The number of ketones is 1. The maximum atomic E-state index is 12.7. The first-order valence-corrected chi connectivity index (χ1v) is 8.91. The van der Waals surface area contributed by atoms with E-state index in [-0.39, 0.29) is 11.3 Å². The molecule has 0 bridgehead atoms. The van der Waals surface area contributed by atoms with Gasteiger partial charge in [0.15, 0.2) is 11.7 Å². The minimum atomic E-state index is -1.66. The highest BCUT2D eigenvalue weighted by molar-refractivity contribution is 6.15. The van der Waals surface area contributed by atoms with Gasteiger partial charge in [0.1, 0.15) is 18.3 Å². The largest absolute Gasteiger partial charge is 0.325 e. The number of carbonyl (C=O) groups is 2. The lowest BCUT2D eigenvalue weighted by molar-refractivity contribution is -0.384. The van der Waals surface area contributed by atoms with Gasteiger partial charge in [-0.3, -0.25) is 19.7 Å². The van der Waals surface area contributed by atoms with Crippen LogP contribution in [0.3, 0.4) is 0 Å². The molecule has 150 valence electrons. The number of anilines is 1. The molecule has 2 aromatic carbocycles. The maximum absolute atomic E-state index is 12.7. The van der Waals surface area contributed by atoms with Gasteiger partial charge in [-0.25, -0.2) is 9.67 Å². The summed E-state index contributed by atoms with van der Waals surface area (Å²) in [5.74, 6) is -3.31. The van der Waals surface area contributed by atoms with Crippen LogP contribution in [0.5, 0.6) is 0 Å². The Morgan fingerprint density at radius 3 is 2.57 bits per heavy atom. The Labute approximate surface area is 170 Å². The van der Waals surface area contributed by atoms with Gasteiger partial charge in [0.05, 0.1) is 11.0 Å². The molecular formula is C20H16N6O4. The monoisotopic (exact) mass is 404 g/mol. The fourth-order valence-corrected chi connectivity index (χ4v) is 2.79. The van der Waals surface area contributed by atoms with E-state index in [2.05, 4.69) is 15.4 Å². The van der Waals surface area contributed by atoms with Crippen molar-refractivity contribution in [3.05, 3.63) is 76.4 Å². The molecule has 10 nitrogen and oxygen atoms in total. The highest BCUT2D eigenvalue weighted by atomic mass is 16.6. The number of rotatable bonds is 7. The first kappa shape index (κ1) is 20.3. The molecule has 3 rings (SSSR count). The van der Waals surface area contributed by atoms with Crippen molar-refractivity contribution in [2.75, 3.05) is 5.32 Å². The summed E-state index contributed by atoms with van der Waals surface area (Å²) in [6.45, 7) is 1.99. The summed E-state index contributed by atoms with van der Waals surface area (Å²) in [6, 6.07) is 12.3. The minimum absolute atomic E-state index is 0.100. The summed E-state index contributed by atoms with van der Waals surface area (Å²) in [5.41, 5.74) is 1.08. The summed E-state index contributed by atoms with van der Waals surface area (Å²) in [6.07, 6.45) is 3.32. The predicted octanol–water partition coefficient (Wildman–Crippen LogP) is 2.70. The van der Waals surface area contributed by atoms with Crippen molar-refractivity contribution in [1.29, 1.82) is 5.26 Å². The number of carbonyl (C=O) groups excluding carboxylic acids is 2. The van der Waals surface area contributed by atoms with E-state index in [0.717, 1.165) is 18.1 Å². The smallest absolute Gasteiger partial charge is 0.295 e. The van der Waals surface area contributed by atoms with Gasteiger partial charge < -0.3 is 5.32 Å². The number of hydrogen-bond acceptors (Lipinski definition) is 7. The molecule has 0 aliphatic heterocycles. The third-order valence-electron chi connectivity index (χ3n) is 4.41. The highest BCUT2D eigenvalue weighted by Gasteiger charge is 2.29. The topological polar surface area (TPSA) is 144 Å². The van der Waals surface area contributed by atoms with Crippen LogP contribution in [0.25, 0.3) is 5.69 Å². The van der Waals surface area contributed by atoms with E-state index in [1.54, 1.807) is 18.2 Å². The molecule has 0 aliphatic carbocycles. The van der Waals surface area contributed by atoms with Crippen molar-refractivity contribution in [3.8, 4) is 11.8 Å². The van der Waals surface area contributed by atoms with Crippen molar-refractivity contribution in [2.24, 2.45) is 5.92 Å². The SMILES string of the molecule is CCc1ccc(NC(=O)C(C#N)C(=O)c2ccc(-n3cncn3)c([N+](=O)[O-])c2)cc1. The predicted molar refractivity (Wildman–Crippen MR) is 106 cm³/mol. The van der Waals surface area contributed by atoms with Gasteiger partial charge >= 0.3 is 0 Å². The molecule has 10 heteroatoms. The molecule has 0 saturated carbocycles. The number of aromatic nitrogens is 3. The Morgan fingerprint density at radius 1 is 1.27 bits per heavy atom. The van der Waals surface area contributed by atoms with Gasteiger partial charge in [-0.15, -0.1) is 0 Å². The number of nitro groups is 1. The number of benzene rings is 2. The molecule has 1 N–H and O–H groups in total. The summed E-state index contributed by atoms with van der Waals surface area (Å²) >= 11 is 0. The molecule has 1 unspecified atom stereocenters. The molecule has 0 aliphatic rings. The fraction of sp³-hybridized carbons (Fsp3) is 0.150. The molecule has 0 saturated heterocycles. The van der Waals surface area contributed by atoms with Crippen LogP contribution in [0.15, 0.2) is 55.1 Å². The summed E-state index contributed by atoms with van der Waals surface area (Å²) in [5, 5.41) is 27.2. The molecule has 1 atom stereocenters. The van der Waals surface area contributed by atoms with E-state index in [4.69, 9.17) is 0 Å². The number of nitrogens with zero attached hydrogens (tertiary/aromatic N) is 5. The average molecular weight is 404 g/mol. The van der Waals surface area contributed by atoms with Crippen LogP contribution in [0.4, 0.5) is 11.4 Å². The Morgan fingerprint density at radius 2 is 2.00 bits per heavy atom. The molecular weight excluding hydrogens is 388 g/mol. The van der Waals surface area contributed by atoms with Crippen molar-refractivity contribution in [3.63, 3.8) is 0 Å². The van der Waals surface area contributed by atoms with E-state index in [1.807, 2.05) is 19.1 Å². The quantitative estimate of drug-likeness (QED) is 0.276. The molecule has 0 fully saturated rings. The zero-order chi connectivity index (χ0) is 21.7. The number of hydrogen-bond donors (Lipinski definition) is 1. The molecule has 1 aromatic heterocycles. The maximum Gasteiger partial charge on any atom is 0.295 e. The molecule has 1 amide bonds. The lowest BCUT2D eigenvalue weighted by Gasteiger charge is -2.11. The third-order valence-corrected chi connectivity index (χ3v) is 4.41. The molecule has 1 heterocycles. The molecule has 30 heavy (non-hydrogen) atoms.